The zero-order valence-electron chi connectivity index (χ0n) is 14.2. The first-order valence-electron chi connectivity index (χ1n) is 8.82. The van der Waals surface area contributed by atoms with Gasteiger partial charge in [-0.1, -0.05) is 0 Å². The third-order valence-electron chi connectivity index (χ3n) is 5.06. The Morgan fingerprint density at radius 1 is 1.08 bits per heavy atom. The van der Waals surface area contributed by atoms with Crippen LogP contribution in [0.15, 0.2) is 24.5 Å². The summed E-state index contributed by atoms with van der Waals surface area (Å²) < 4.78 is 7.64. The number of aryl methyl sites for hydroxylation is 1. The van der Waals surface area contributed by atoms with Gasteiger partial charge in [0.1, 0.15) is 11.3 Å². The number of fused-ring (bicyclic) bond motifs is 3. The molecule has 0 saturated carbocycles. The van der Waals surface area contributed by atoms with Gasteiger partial charge < -0.3 is 14.2 Å². The average Bonchev–Trinajstić information content (AvgIpc) is 3.22. The number of morpholine rings is 1. The zero-order chi connectivity index (χ0) is 16.8. The van der Waals surface area contributed by atoms with Crippen molar-refractivity contribution in [1.82, 2.24) is 24.5 Å². The highest BCUT2D eigenvalue weighted by molar-refractivity contribution is 5.76. The number of anilines is 1. The first kappa shape index (κ1) is 14.8. The number of hydrogen-bond acceptors (Lipinski definition) is 6. The Hall–Kier alpha value is -2.54. The standard InChI is InChI=1S/C18H20N6O/c1-12-2-5-16-21-15-4-3-14(22-17(15)24(12)16)13-10-19-18(20-11-13)23-6-8-25-9-7-23/h3-4,10-12H,2,5-9H2,1H3. The molecule has 0 aliphatic carbocycles. The Bertz CT molecular complexity index is 913. The highest BCUT2D eigenvalue weighted by atomic mass is 16.5. The normalized spacial score (nSPS) is 20.2. The van der Waals surface area contributed by atoms with Gasteiger partial charge in [-0.3, -0.25) is 0 Å². The van der Waals surface area contributed by atoms with Gasteiger partial charge in [0.25, 0.3) is 0 Å². The van der Waals surface area contributed by atoms with Gasteiger partial charge in [-0.05, 0) is 25.5 Å². The molecule has 0 amide bonds. The van der Waals surface area contributed by atoms with E-state index in [-0.39, 0.29) is 0 Å². The summed E-state index contributed by atoms with van der Waals surface area (Å²) >= 11 is 0. The lowest BCUT2D eigenvalue weighted by Gasteiger charge is -2.26. The maximum atomic E-state index is 5.38. The summed E-state index contributed by atoms with van der Waals surface area (Å²) in [5, 5.41) is 0. The van der Waals surface area contributed by atoms with Gasteiger partial charge in [0, 0.05) is 43.5 Å². The maximum Gasteiger partial charge on any atom is 0.225 e. The van der Waals surface area contributed by atoms with Crippen LogP contribution in [0.25, 0.3) is 22.4 Å². The molecule has 1 fully saturated rings. The molecule has 25 heavy (non-hydrogen) atoms. The zero-order valence-corrected chi connectivity index (χ0v) is 14.2. The van der Waals surface area contributed by atoms with Crippen molar-refractivity contribution in [2.75, 3.05) is 31.2 Å². The van der Waals surface area contributed by atoms with Gasteiger partial charge in [0.2, 0.25) is 5.95 Å². The lowest BCUT2D eigenvalue weighted by Crippen LogP contribution is -2.37. The fourth-order valence-corrected chi connectivity index (χ4v) is 3.67. The predicted octanol–water partition coefficient (Wildman–Crippen LogP) is 2.23. The molecule has 1 saturated heterocycles. The van der Waals surface area contributed by atoms with E-state index in [1.165, 1.54) is 0 Å². The molecule has 0 spiro atoms. The summed E-state index contributed by atoms with van der Waals surface area (Å²) in [5.74, 6) is 1.90. The van der Waals surface area contributed by atoms with Crippen LogP contribution >= 0.6 is 0 Å². The van der Waals surface area contributed by atoms with E-state index in [0.717, 1.165) is 73.3 Å². The van der Waals surface area contributed by atoms with Crippen LogP contribution in [0.1, 0.15) is 25.2 Å². The van der Waals surface area contributed by atoms with Crippen LogP contribution in [-0.4, -0.2) is 50.8 Å². The topological polar surface area (TPSA) is 69.0 Å². The third kappa shape index (κ3) is 2.46. The Morgan fingerprint density at radius 3 is 2.68 bits per heavy atom. The molecule has 0 bridgehead atoms. The molecule has 3 aromatic rings. The fourth-order valence-electron chi connectivity index (χ4n) is 3.67. The second-order valence-electron chi connectivity index (χ2n) is 6.70. The van der Waals surface area contributed by atoms with Crippen molar-refractivity contribution >= 4 is 17.1 Å². The summed E-state index contributed by atoms with van der Waals surface area (Å²) in [4.78, 5) is 20.8. The van der Waals surface area contributed by atoms with E-state index in [2.05, 4.69) is 26.4 Å². The number of rotatable bonds is 2. The smallest absolute Gasteiger partial charge is 0.225 e. The SMILES string of the molecule is CC1CCc2nc3ccc(-c4cnc(N5CCOCC5)nc4)nc3n21. The average molecular weight is 336 g/mol. The van der Waals surface area contributed by atoms with E-state index in [9.17, 15) is 0 Å². The molecule has 0 aromatic carbocycles. The molecule has 0 N–H and O–H groups in total. The number of imidazole rings is 1. The van der Waals surface area contributed by atoms with Crippen LogP contribution in [0.2, 0.25) is 0 Å². The number of pyridine rings is 1. The molecule has 5 rings (SSSR count). The van der Waals surface area contributed by atoms with Gasteiger partial charge in [0.15, 0.2) is 5.65 Å². The molecule has 0 radical (unpaired) electrons. The first-order valence-corrected chi connectivity index (χ1v) is 8.82. The number of nitrogens with zero attached hydrogens (tertiary/aromatic N) is 6. The molecule has 128 valence electrons. The summed E-state index contributed by atoms with van der Waals surface area (Å²) in [6.45, 7) is 5.36. The largest absolute Gasteiger partial charge is 0.378 e. The van der Waals surface area contributed by atoms with Crippen LogP contribution in [0.4, 0.5) is 5.95 Å². The van der Waals surface area contributed by atoms with Crippen LogP contribution in [-0.2, 0) is 11.2 Å². The second-order valence-corrected chi connectivity index (χ2v) is 6.70. The monoisotopic (exact) mass is 336 g/mol. The van der Waals surface area contributed by atoms with Gasteiger partial charge in [-0.2, -0.15) is 0 Å². The summed E-state index contributed by atoms with van der Waals surface area (Å²) in [6, 6.07) is 4.51. The van der Waals surface area contributed by atoms with Crippen molar-refractivity contribution < 1.29 is 4.74 Å². The van der Waals surface area contributed by atoms with E-state index in [0.29, 0.717) is 6.04 Å². The molecule has 5 heterocycles. The minimum absolute atomic E-state index is 0.461. The summed E-state index contributed by atoms with van der Waals surface area (Å²) in [6.07, 6.45) is 5.89. The van der Waals surface area contributed by atoms with Crippen LogP contribution in [0.3, 0.4) is 0 Å². The lowest BCUT2D eigenvalue weighted by molar-refractivity contribution is 0.122. The van der Waals surface area contributed by atoms with Crippen molar-refractivity contribution in [3.05, 3.63) is 30.4 Å². The van der Waals surface area contributed by atoms with E-state index in [1.807, 2.05) is 24.5 Å². The van der Waals surface area contributed by atoms with Crippen LogP contribution in [0.5, 0.6) is 0 Å². The van der Waals surface area contributed by atoms with Crippen molar-refractivity contribution in [3.63, 3.8) is 0 Å². The highest BCUT2D eigenvalue weighted by Gasteiger charge is 2.23. The third-order valence-corrected chi connectivity index (χ3v) is 5.06. The molecule has 1 atom stereocenters. The summed E-state index contributed by atoms with van der Waals surface area (Å²) in [5.41, 5.74) is 3.76. The van der Waals surface area contributed by atoms with Gasteiger partial charge in [-0.25, -0.2) is 19.9 Å². The Morgan fingerprint density at radius 2 is 1.88 bits per heavy atom. The summed E-state index contributed by atoms with van der Waals surface area (Å²) in [7, 11) is 0. The van der Waals surface area contributed by atoms with E-state index in [1.54, 1.807) is 0 Å². The molecular weight excluding hydrogens is 316 g/mol. The van der Waals surface area contributed by atoms with Crippen LogP contribution < -0.4 is 4.90 Å². The van der Waals surface area contributed by atoms with Crippen molar-refractivity contribution in [2.24, 2.45) is 0 Å². The number of ether oxygens (including phenoxy) is 1. The number of aromatic nitrogens is 5. The second kappa shape index (κ2) is 5.77. The van der Waals surface area contributed by atoms with E-state index < -0.39 is 0 Å². The molecular formula is C18H20N6O. The fraction of sp³-hybridized carbons (Fsp3) is 0.444. The maximum absolute atomic E-state index is 5.38. The highest BCUT2D eigenvalue weighted by Crippen LogP contribution is 2.30. The number of hydrogen-bond donors (Lipinski definition) is 0. The molecule has 7 heteroatoms. The minimum atomic E-state index is 0.461. The Kier molecular flexibility index (Phi) is 3.41. The molecule has 3 aromatic heterocycles. The van der Waals surface area contributed by atoms with Crippen molar-refractivity contribution in [2.45, 2.75) is 25.8 Å². The Labute approximate surface area is 145 Å². The Balaban J connectivity index is 1.49. The molecule has 2 aliphatic rings. The van der Waals surface area contributed by atoms with Gasteiger partial charge in [0.05, 0.1) is 18.9 Å². The van der Waals surface area contributed by atoms with Gasteiger partial charge >= 0.3 is 0 Å². The molecule has 2 aliphatic heterocycles. The quantitative estimate of drug-likeness (QED) is 0.715. The van der Waals surface area contributed by atoms with E-state index in [4.69, 9.17) is 14.7 Å². The molecule has 1 unspecified atom stereocenters. The van der Waals surface area contributed by atoms with Crippen molar-refractivity contribution in [1.29, 1.82) is 0 Å². The molecule has 7 nitrogen and oxygen atoms in total. The lowest BCUT2D eigenvalue weighted by atomic mass is 10.2. The van der Waals surface area contributed by atoms with Crippen molar-refractivity contribution in [3.8, 4) is 11.3 Å². The predicted molar refractivity (Wildman–Crippen MR) is 94.6 cm³/mol. The van der Waals surface area contributed by atoms with E-state index >= 15 is 0 Å². The van der Waals surface area contributed by atoms with Gasteiger partial charge in [-0.15, -0.1) is 0 Å². The first-order chi connectivity index (χ1) is 12.3. The van der Waals surface area contributed by atoms with Crippen LogP contribution in [0, 0.1) is 0 Å². The minimum Gasteiger partial charge on any atom is -0.378 e.